The van der Waals surface area contributed by atoms with Crippen LogP contribution in [0.1, 0.15) is 44.6 Å². The lowest BCUT2D eigenvalue weighted by molar-refractivity contribution is 0.318. The molecule has 0 aliphatic heterocycles. The van der Waals surface area contributed by atoms with Crippen molar-refractivity contribution in [3.05, 3.63) is 54.1 Å². The highest BCUT2D eigenvalue weighted by molar-refractivity contribution is 5.94. The van der Waals surface area contributed by atoms with Crippen LogP contribution in [0.25, 0.3) is 6.08 Å². The summed E-state index contributed by atoms with van der Waals surface area (Å²) in [6.45, 7) is 2.19. The second-order valence-electron chi connectivity index (χ2n) is 4.53. The van der Waals surface area contributed by atoms with Gasteiger partial charge in [-0.05, 0) is 24.5 Å². The van der Waals surface area contributed by atoms with Crippen molar-refractivity contribution in [2.24, 2.45) is 5.16 Å². The van der Waals surface area contributed by atoms with E-state index in [-0.39, 0.29) is 0 Å². The van der Waals surface area contributed by atoms with Gasteiger partial charge in [0.2, 0.25) is 0 Å². The van der Waals surface area contributed by atoms with Crippen molar-refractivity contribution in [2.75, 3.05) is 0 Å². The number of unbranched alkanes of at least 4 members (excludes halogenated alkanes) is 3. The first kappa shape index (κ1) is 15.2. The first-order chi connectivity index (χ1) is 9.36. The van der Waals surface area contributed by atoms with Gasteiger partial charge in [0.25, 0.3) is 0 Å². The molecular weight excluding hydrogens is 234 g/mol. The fraction of sp³-hybridized carbons (Fsp3) is 0.353. The SMILES string of the molecule is CCCCCCC(/C=C/C=Cc1ccccc1)=N\O. The third-order valence-corrected chi connectivity index (χ3v) is 2.90. The Labute approximate surface area is 116 Å². The third-order valence-electron chi connectivity index (χ3n) is 2.90. The van der Waals surface area contributed by atoms with Gasteiger partial charge >= 0.3 is 0 Å². The first-order valence-corrected chi connectivity index (χ1v) is 6.97. The molecule has 2 nitrogen and oxygen atoms in total. The van der Waals surface area contributed by atoms with Crippen molar-refractivity contribution in [1.29, 1.82) is 0 Å². The van der Waals surface area contributed by atoms with Gasteiger partial charge in [0.05, 0.1) is 5.71 Å². The van der Waals surface area contributed by atoms with Gasteiger partial charge in [0, 0.05) is 0 Å². The molecule has 0 radical (unpaired) electrons. The molecule has 0 fully saturated rings. The minimum atomic E-state index is 0.744. The highest BCUT2D eigenvalue weighted by Crippen LogP contribution is 2.05. The van der Waals surface area contributed by atoms with Gasteiger partial charge < -0.3 is 5.21 Å². The molecule has 0 saturated heterocycles. The standard InChI is InChI=1S/C17H23NO/c1-2-3-4-8-14-17(18-19)15-10-9-13-16-11-6-5-7-12-16/h5-7,9-13,15,19H,2-4,8,14H2,1H3/b13-9?,15-10+,18-17+. The van der Waals surface area contributed by atoms with E-state index in [1.807, 2.05) is 42.5 Å². The van der Waals surface area contributed by atoms with E-state index in [9.17, 15) is 0 Å². The summed E-state index contributed by atoms with van der Waals surface area (Å²) in [7, 11) is 0. The van der Waals surface area contributed by atoms with E-state index < -0.39 is 0 Å². The number of rotatable bonds is 8. The maximum absolute atomic E-state index is 8.91. The van der Waals surface area contributed by atoms with Crippen molar-refractivity contribution in [3.8, 4) is 0 Å². The van der Waals surface area contributed by atoms with Crippen LogP contribution in [-0.2, 0) is 0 Å². The van der Waals surface area contributed by atoms with Crippen molar-refractivity contribution < 1.29 is 5.21 Å². The zero-order valence-corrected chi connectivity index (χ0v) is 11.6. The molecule has 0 atom stereocenters. The number of hydrogen-bond donors (Lipinski definition) is 1. The van der Waals surface area contributed by atoms with E-state index in [2.05, 4.69) is 24.2 Å². The lowest BCUT2D eigenvalue weighted by Crippen LogP contribution is -1.93. The van der Waals surface area contributed by atoms with Gasteiger partial charge in [-0.25, -0.2) is 0 Å². The average Bonchev–Trinajstić information content (AvgIpc) is 2.46. The van der Waals surface area contributed by atoms with Crippen LogP contribution in [-0.4, -0.2) is 10.9 Å². The van der Waals surface area contributed by atoms with Gasteiger partial charge in [0.1, 0.15) is 0 Å². The summed E-state index contributed by atoms with van der Waals surface area (Å²) in [6.07, 6.45) is 13.4. The Bertz CT molecular complexity index is 418. The molecule has 1 N–H and O–H groups in total. The number of benzene rings is 1. The predicted molar refractivity (Wildman–Crippen MR) is 82.6 cm³/mol. The molecule has 1 rings (SSSR count). The number of oxime groups is 1. The van der Waals surface area contributed by atoms with E-state index >= 15 is 0 Å². The van der Waals surface area contributed by atoms with E-state index in [1.165, 1.54) is 19.3 Å². The smallest absolute Gasteiger partial charge is 0.0795 e. The van der Waals surface area contributed by atoms with Gasteiger partial charge in [-0.15, -0.1) is 0 Å². The second-order valence-corrected chi connectivity index (χ2v) is 4.53. The van der Waals surface area contributed by atoms with Crippen LogP contribution >= 0.6 is 0 Å². The topological polar surface area (TPSA) is 32.6 Å². The maximum atomic E-state index is 8.91. The summed E-state index contributed by atoms with van der Waals surface area (Å²) in [5, 5.41) is 12.2. The first-order valence-electron chi connectivity index (χ1n) is 6.97. The molecule has 1 aromatic carbocycles. The van der Waals surface area contributed by atoms with Crippen LogP contribution in [0.4, 0.5) is 0 Å². The van der Waals surface area contributed by atoms with Crippen LogP contribution in [0.5, 0.6) is 0 Å². The van der Waals surface area contributed by atoms with E-state index in [4.69, 9.17) is 5.21 Å². The molecule has 0 heterocycles. The second kappa shape index (κ2) is 10.1. The summed E-state index contributed by atoms with van der Waals surface area (Å²) >= 11 is 0. The van der Waals surface area contributed by atoms with Crippen LogP contribution < -0.4 is 0 Å². The van der Waals surface area contributed by atoms with E-state index in [0.29, 0.717) is 0 Å². The van der Waals surface area contributed by atoms with Gasteiger partial charge in [-0.2, -0.15) is 0 Å². The Morgan fingerprint density at radius 3 is 2.58 bits per heavy atom. The van der Waals surface area contributed by atoms with E-state index in [0.717, 1.165) is 24.1 Å². The summed E-state index contributed by atoms with van der Waals surface area (Å²) in [6, 6.07) is 10.1. The molecule has 1 aromatic rings. The number of hydrogen-bond acceptors (Lipinski definition) is 2. The Balaban J connectivity index is 2.35. The minimum Gasteiger partial charge on any atom is -0.411 e. The lowest BCUT2D eigenvalue weighted by atomic mass is 10.1. The van der Waals surface area contributed by atoms with Crippen LogP contribution in [0.3, 0.4) is 0 Å². The quantitative estimate of drug-likeness (QED) is 0.228. The largest absolute Gasteiger partial charge is 0.411 e. The molecule has 19 heavy (non-hydrogen) atoms. The van der Waals surface area contributed by atoms with Crippen molar-refractivity contribution in [1.82, 2.24) is 0 Å². The van der Waals surface area contributed by atoms with Crippen LogP contribution in [0.2, 0.25) is 0 Å². The summed E-state index contributed by atoms with van der Waals surface area (Å²) in [5.41, 5.74) is 1.91. The molecule has 0 aromatic heterocycles. The lowest BCUT2D eigenvalue weighted by Gasteiger charge is -1.98. The molecule has 0 aliphatic rings. The Kier molecular flexibility index (Phi) is 8.12. The number of allylic oxidation sites excluding steroid dienone is 3. The number of nitrogens with zero attached hydrogens (tertiary/aromatic N) is 1. The van der Waals surface area contributed by atoms with Gasteiger partial charge in [-0.1, -0.05) is 79.9 Å². The van der Waals surface area contributed by atoms with Crippen LogP contribution in [0, 0.1) is 0 Å². The Hall–Kier alpha value is -1.83. The third kappa shape index (κ3) is 7.24. The molecular formula is C17H23NO. The molecule has 102 valence electrons. The maximum Gasteiger partial charge on any atom is 0.0795 e. The molecule has 0 bridgehead atoms. The summed E-state index contributed by atoms with van der Waals surface area (Å²) in [4.78, 5) is 0. The normalized spacial score (nSPS) is 12.6. The fourth-order valence-electron chi connectivity index (χ4n) is 1.80. The zero-order chi connectivity index (χ0) is 13.8. The van der Waals surface area contributed by atoms with Gasteiger partial charge in [-0.3, -0.25) is 0 Å². The highest BCUT2D eigenvalue weighted by Gasteiger charge is 1.94. The predicted octanol–water partition coefficient (Wildman–Crippen LogP) is 5.06. The monoisotopic (exact) mass is 257 g/mol. The zero-order valence-electron chi connectivity index (χ0n) is 11.6. The molecule has 2 heteroatoms. The molecule has 0 spiro atoms. The molecule has 0 saturated carbocycles. The van der Waals surface area contributed by atoms with Crippen LogP contribution in [0.15, 0.2) is 53.7 Å². The fourth-order valence-corrected chi connectivity index (χ4v) is 1.80. The van der Waals surface area contributed by atoms with Crippen molar-refractivity contribution in [3.63, 3.8) is 0 Å². The Morgan fingerprint density at radius 1 is 1.11 bits per heavy atom. The van der Waals surface area contributed by atoms with Crippen molar-refractivity contribution in [2.45, 2.75) is 39.0 Å². The van der Waals surface area contributed by atoms with E-state index in [1.54, 1.807) is 0 Å². The minimum absolute atomic E-state index is 0.744. The molecule has 0 amide bonds. The van der Waals surface area contributed by atoms with Gasteiger partial charge in [0.15, 0.2) is 0 Å². The molecule has 0 unspecified atom stereocenters. The Morgan fingerprint density at radius 2 is 1.89 bits per heavy atom. The molecule has 0 aliphatic carbocycles. The summed E-state index contributed by atoms with van der Waals surface area (Å²) < 4.78 is 0. The summed E-state index contributed by atoms with van der Waals surface area (Å²) in [5.74, 6) is 0. The van der Waals surface area contributed by atoms with Crippen molar-refractivity contribution >= 4 is 11.8 Å². The highest BCUT2D eigenvalue weighted by atomic mass is 16.4. The average molecular weight is 257 g/mol.